The zero-order valence-corrected chi connectivity index (χ0v) is 9.84. The van der Waals surface area contributed by atoms with E-state index in [9.17, 15) is 4.57 Å². The highest BCUT2D eigenvalue weighted by Gasteiger charge is 2.14. The maximum absolute atomic E-state index is 10.4. The van der Waals surface area contributed by atoms with Gasteiger partial charge in [0.15, 0.2) is 0 Å². The van der Waals surface area contributed by atoms with Gasteiger partial charge in [0, 0.05) is 32.7 Å². The van der Waals surface area contributed by atoms with Gasteiger partial charge in [-0.3, -0.25) is 9.42 Å². The summed E-state index contributed by atoms with van der Waals surface area (Å²) in [6.07, 6.45) is 0.892. The third-order valence-corrected chi connectivity index (χ3v) is 2.36. The minimum atomic E-state index is -4.41. The van der Waals surface area contributed by atoms with Crippen LogP contribution in [0.2, 0.25) is 0 Å². The Morgan fingerprint density at radius 1 is 1.31 bits per heavy atom. The van der Waals surface area contributed by atoms with Crippen LogP contribution in [0.5, 0.6) is 0 Å². The van der Waals surface area contributed by atoms with Crippen molar-refractivity contribution in [1.29, 1.82) is 5.26 Å². The van der Waals surface area contributed by atoms with E-state index in [2.05, 4.69) is 4.52 Å². The van der Waals surface area contributed by atoms with Crippen molar-refractivity contribution >= 4 is 7.82 Å². The Morgan fingerprint density at radius 3 is 2.50 bits per heavy atom. The molecule has 0 amide bonds. The molecule has 0 bridgehead atoms. The van der Waals surface area contributed by atoms with Crippen molar-refractivity contribution in [2.24, 2.45) is 0 Å². The molecular weight excluding hydrogens is 235 g/mol. The monoisotopic (exact) mass is 252 g/mol. The van der Waals surface area contributed by atoms with E-state index in [4.69, 9.17) is 20.2 Å². The molecular formula is C8H17N2O5P. The molecule has 3 N–H and O–H groups in total. The highest BCUT2D eigenvalue weighted by Crippen LogP contribution is 2.35. The van der Waals surface area contributed by atoms with Crippen LogP contribution in [0.3, 0.4) is 0 Å². The summed E-state index contributed by atoms with van der Waals surface area (Å²) in [5.74, 6) is 0. The van der Waals surface area contributed by atoms with Crippen LogP contribution in [-0.2, 0) is 9.09 Å². The Labute approximate surface area is 94.5 Å². The van der Waals surface area contributed by atoms with Gasteiger partial charge in [-0.1, -0.05) is 0 Å². The maximum atomic E-state index is 10.4. The summed E-state index contributed by atoms with van der Waals surface area (Å²) in [5, 5.41) is 17.1. The molecule has 0 saturated carbocycles. The fourth-order valence-electron chi connectivity index (χ4n) is 1.13. The lowest BCUT2D eigenvalue weighted by Gasteiger charge is -2.20. The Kier molecular flexibility index (Phi) is 8.39. The highest BCUT2D eigenvalue weighted by atomic mass is 31.2. The average molecular weight is 252 g/mol. The summed E-state index contributed by atoms with van der Waals surface area (Å²) < 4.78 is 14.7. The normalized spacial score (nSPS) is 11.7. The van der Waals surface area contributed by atoms with Crippen LogP contribution < -0.4 is 0 Å². The molecule has 0 aromatic carbocycles. The van der Waals surface area contributed by atoms with Crippen LogP contribution >= 0.6 is 7.82 Å². The number of phosphoric ester groups is 1. The molecule has 0 aromatic rings. The largest absolute Gasteiger partial charge is 0.469 e. The Morgan fingerprint density at radius 2 is 2.00 bits per heavy atom. The lowest BCUT2D eigenvalue weighted by molar-refractivity contribution is 0.155. The first kappa shape index (κ1) is 15.5. The number of hydrogen-bond acceptors (Lipinski definition) is 5. The second-order valence-electron chi connectivity index (χ2n) is 3.15. The van der Waals surface area contributed by atoms with Crippen molar-refractivity contribution in [2.75, 3.05) is 32.8 Å². The number of nitrogens with zero attached hydrogens (tertiary/aromatic N) is 2. The molecule has 0 fully saturated rings. The molecule has 0 rings (SSSR count). The third-order valence-electron chi connectivity index (χ3n) is 1.84. The van der Waals surface area contributed by atoms with E-state index < -0.39 is 7.82 Å². The molecule has 7 nitrogen and oxygen atoms in total. The SMILES string of the molecule is N#CCCN(CCCO)CCOP(=O)(O)O. The molecule has 0 aromatic heterocycles. The summed E-state index contributed by atoms with van der Waals surface area (Å²) in [7, 11) is -4.41. The fourth-order valence-corrected chi connectivity index (χ4v) is 1.45. The maximum Gasteiger partial charge on any atom is 0.469 e. The highest BCUT2D eigenvalue weighted by molar-refractivity contribution is 7.46. The van der Waals surface area contributed by atoms with Gasteiger partial charge in [0.1, 0.15) is 0 Å². The van der Waals surface area contributed by atoms with Crippen molar-refractivity contribution in [3.05, 3.63) is 0 Å². The molecule has 16 heavy (non-hydrogen) atoms. The molecule has 0 saturated heterocycles. The minimum absolute atomic E-state index is 0.0441. The van der Waals surface area contributed by atoms with Gasteiger partial charge in [0.25, 0.3) is 0 Å². The van der Waals surface area contributed by atoms with E-state index >= 15 is 0 Å². The third kappa shape index (κ3) is 10.1. The number of phosphoric acid groups is 1. The van der Waals surface area contributed by atoms with Crippen LogP contribution in [0.15, 0.2) is 0 Å². The molecule has 94 valence electrons. The summed E-state index contributed by atoms with van der Waals surface area (Å²) in [4.78, 5) is 18.7. The van der Waals surface area contributed by atoms with Gasteiger partial charge in [-0.15, -0.1) is 0 Å². The van der Waals surface area contributed by atoms with Crippen molar-refractivity contribution in [3.8, 4) is 6.07 Å². The Balaban J connectivity index is 3.82. The van der Waals surface area contributed by atoms with Crippen molar-refractivity contribution in [3.63, 3.8) is 0 Å². The molecule has 0 unspecified atom stereocenters. The Hall–Kier alpha value is -0.480. The van der Waals surface area contributed by atoms with Crippen LogP contribution in [0.25, 0.3) is 0 Å². The molecule has 0 aliphatic carbocycles. The van der Waals surface area contributed by atoms with Crippen LogP contribution in [0.1, 0.15) is 12.8 Å². The molecule has 0 aliphatic rings. The van der Waals surface area contributed by atoms with Crippen LogP contribution in [0.4, 0.5) is 0 Å². The number of rotatable bonds is 9. The molecule has 0 aliphatic heterocycles. The summed E-state index contributed by atoms with van der Waals surface area (Å²) in [5.41, 5.74) is 0. The van der Waals surface area contributed by atoms with E-state index in [1.807, 2.05) is 11.0 Å². The topological polar surface area (TPSA) is 114 Å². The zero-order chi connectivity index (χ0) is 12.4. The van der Waals surface area contributed by atoms with E-state index in [1.54, 1.807) is 0 Å². The van der Waals surface area contributed by atoms with E-state index in [-0.39, 0.29) is 13.2 Å². The molecule has 0 heterocycles. The molecule has 8 heteroatoms. The molecule has 0 radical (unpaired) electrons. The van der Waals surface area contributed by atoms with Gasteiger partial charge in [0.2, 0.25) is 0 Å². The van der Waals surface area contributed by atoms with Gasteiger partial charge in [-0.05, 0) is 6.42 Å². The van der Waals surface area contributed by atoms with E-state index in [0.29, 0.717) is 32.5 Å². The molecule has 0 spiro atoms. The molecule has 0 atom stereocenters. The summed E-state index contributed by atoms with van der Waals surface area (Å²) in [6, 6.07) is 1.98. The second kappa shape index (κ2) is 8.65. The van der Waals surface area contributed by atoms with Gasteiger partial charge in [0.05, 0.1) is 12.7 Å². The lowest BCUT2D eigenvalue weighted by Crippen LogP contribution is -2.30. The quantitative estimate of drug-likeness (QED) is 0.482. The minimum Gasteiger partial charge on any atom is -0.396 e. The van der Waals surface area contributed by atoms with Gasteiger partial charge >= 0.3 is 7.82 Å². The first-order valence-corrected chi connectivity index (χ1v) is 6.43. The van der Waals surface area contributed by atoms with Crippen molar-refractivity contribution in [2.45, 2.75) is 12.8 Å². The second-order valence-corrected chi connectivity index (χ2v) is 4.39. The first-order valence-electron chi connectivity index (χ1n) is 4.90. The number of nitriles is 1. The predicted molar refractivity (Wildman–Crippen MR) is 56.4 cm³/mol. The predicted octanol–water partition coefficient (Wildman–Crippen LogP) is -0.306. The summed E-state index contributed by atoms with van der Waals surface area (Å²) in [6.45, 7) is 1.35. The smallest absolute Gasteiger partial charge is 0.396 e. The standard InChI is InChI=1S/C8H17N2O5P/c9-3-1-4-10(5-2-7-11)6-8-15-16(12,13)14/h11H,1-2,4-8H2,(H2,12,13,14). The number of hydrogen-bond donors (Lipinski definition) is 3. The van der Waals surface area contributed by atoms with Gasteiger partial charge in [-0.2, -0.15) is 5.26 Å². The van der Waals surface area contributed by atoms with Gasteiger partial charge < -0.3 is 14.9 Å². The lowest BCUT2D eigenvalue weighted by atomic mass is 10.3. The van der Waals surface area contributed by atoms with Crippen molar-refractivity contribution in [1.82, 2.24) is 4.90 Å². The van der Waals surface area contributed by atoms with Gasteiger partial charge in [-0.25, -0.2) is 4.57 Å². The van der Waals surface area contributed by atoms with Crippen LogP contribution in [-0.4, -0.2) is 52.6 Å². The number of aliphatic hydroxyl groups is 1. The Bertz CT molecular complexity index is 262. The van der Waals surface area contributed by atoms with E-state index in [0.717, 1.165) is 0 Å². The zero-order valence-electron chi connectivity index (χ0n) is 8.95. The summed E-state index contributed by atoms with van der Waals surface area (Å²) >= 11 is 0. The van der Waals surface area contributed by atoms with Crippen molar-refractivity contribution < 1.29 is 24.0 Å². The average Bonchev–Trinajstić information content (AvgIpc) is 2.19. The fraction of sp³-hybridized carbons (Fsp3) is 0.875. The van der Waals surface area contributed by atoms with Crippen LogP contribution in [0, 0.1) is 11.3 Å². The first-order chi connectivity index (χ1) is 7.49. The number of aliphatic hydroxyl groups excluding tert-OH is 1. The van der Waals surface area contributed by atoms with E-state index in [1.165, 1.54) is 0 Å².